The van der Waals surface area contributed by atoms with E-state index in [2.05, 4.69) is 54.6 Å². The molecule has 0 aliphatic carbocycles. The third-order valence-electron chi connectivity index (χ3n) is 6.42. The molecule has 0 saturated heterocycles. The number of carboxylic acid groups (broad SMARTS) is 1. The Morgan fingerprint density at radius 1 is 0.455 bits per heavy atom. The van der Waals surface area contributed by atoms with E-state index < -0.39 is 5.97 Å². The predicted molar refractivity (Wildman–Crippen MR) is 137 cm³/mol. The molecule has 0 aliphatic rings. The van der Waals surface area contributed by atoms with Gasteiger partial charge >= 0.3 is 5.97 Å². The van der Waals surface area contributed by atoms with Crippen LogP contribution < -0.4 is 0 Å². The molecule has 0 heterocycles. The third-order valence-corrected chi connectivity index (χ3v) is 6.42. The maximum Gasteiger partial charge on any atom is 0.336 e. The predicted octanol–water partition coefficient (Wildman–Crippen LogP) is 8.18. The van der Waals surface area contributed by atoms with Crippen molar-refractivity contribution in [3.8, 4) is 22.3 Å². The fourth-order valence-corrected chi connectivity index (χ4v) is 4.94. The zero-order valence-corrected chi connectivity index (χ0v) is 17.8. The molecule has 2 heteroatoms. The van der Waals surface area contributed by atoms with E-state index in [0.717, 1.165) is 54.6 Å². The monoisotopic (exact) mass is 424 g/mol. The second-order valence-electron chi connectivity index (χ2n) is 8.25. The number of hydrogen-bond acceptors (Lipinski definition) is 1. The lowest BCUT2D eigenvalue weighted by molar-refractivity contribution is 0.0698. The highest BCUT2D eigenvalue weighted by Gasteiger charge is 2.21. The Hall–Kier alpha value is -4.43. The van der Waals surface area contributed by atoms with E-state index in [1.165, 1.54) is 0 Å². The van der Waals surface area contributed by atoms with Gasteiger partial charge in [0.1, 0.15) is 0 Å². The van der Waals surface area contributed by atoms with Crippen LogP contribution in [0.15, 0.2) is 115 Å². The molecule has 0 saturated carbocycles. The van der Waals surface area contributed by atoms with Gasteiger partial charge in [-0.3, -0.25) is 0 Å². The van der Waals surface area contributed by atoms with Gasteiger partial charge in [0.25, 0.3) is 0 Å². The van der Waals surface area contributed by atoms with Crippen molar-refractivity contribution in [2.24, 2.45) is 0 Å². The lowest BCUT2D eigenvalue weighted by atomic mass is 9.84. The fourth-order valence-electron chi connectivity index (χ4n) is 4.94. The quantitative estimate of drug-likeness (QED) is 0.311. The topological polar surface area (TPSA) is 37.3 Å². The lowest BCUT2D eigenvalue weighted by Crippen LogP contribution is -2.02. The van der Waals surface area contributed by atoms with Gasteiger partial charge < -0.3 is 5.11 Å². The molecule has 2 nitrogen and oxygen atoms in total. The van der Waals surface area contributed by atoms with Gasteiger partial charge in [-0.15, -0.1) is 0 Å². The lowest BCUT2D eigenvalue weighted by Gasteiger charge is -2.19. The van der Waals surface area contributed by atoms with Crippen molar-refractivity contribution in [2.45, 2.75) is 0 Å². The molecule has 0 aliphatic heterocycles. The average molecular weight is 424 g/mol. The summed E-state index contributed by atoms with van der Waals surface area (Å²) in [5.74, 6) is -0.924. The number of carboxylic acids is 1. The molecule has 0 fully saturated rings. The van der Waals surface area contributed by atoms with E-state index in [4.69, 9.17) is 0 Å². The number of carbonyl (C=O) groups is 1. The fraction of sp³-hybridized carbons (Fsp3) is 0. The van der Waals surface area contributed by atoms with E-state index in [-0.39, 0.29) is 0 Å². The maximum atomic E-state index is 12.4. The van der Waals surface area contributed by atoms with Crippen molar-refractivity contribution in [3.05, 3.63) is 121 Å². The molecule has 0 radical (unpaired) electrons. The zero-order valence-electron chi connectivity index (χ0n) is 17.8. The van der Waals surface area contributed by atoms with E-state index in [0.29, 0.717) is 5.56 Å². The molecule has 6 rings (SSSR count). The molecule has 156 valence electrons. The van der Waals surface area contributed by atoms with Crippen LogP contribution in [0.4, 0.5) is 0 Å². The minimum atomic E-state index is -0.924. The molecule has 0 atom stereocenters. The summed E-state index contributed by atoms with van der Waals surface area (Å²) < 4.78 is 0. The van der Waals surface area contributed by atoms with Crippen LogP contribution in [0.3, 0.4) is 0 Å². The first-order valence-corrected chi connectivity index (χ1v) is 11.0. The molecular weight excluding hydrogens is 404 g/mol. The Morgan fingerprint density at radius 2 is 0.970 bits per heavy atom. The Morgan fingerprint density at radius 3 is 1.64 bits per heavy atom. The van der Waals surface area contributed by atoms with E-state index in [9.17, 15) is 9.90 Å². The van der Waals surface area contributed by atoms with Crippen LogP contribution in [-0.2, 0) is 0 Å². The van der Waals surface area contributed by atoms with Crippen LogP contribution in [0.25, 0.3) is 54.6 Å². The van der Waals surface area contributed by atoms with Crippen molar-refractivity contribution in [3.63, 3.8) is 0 Å². The molecule has 0 aromatic heterocycles. The summed E-state index contributed by atoms with van der Waals surface area (Å²) in [4.78, 5) is 12.4. The zero-order chi connectivity index (χ0) is 22.4. The largest absolute Gasteiger partial charge is 0.478 e. The molecule has 0 spiro atoms. The molecule has 0 unspecified atom stereocenters. The molecule has 1 N–H and O–H groups in total. The average Bonchev–Trinajstić information content (AvgIpc) is 2.87. The number of aromatic carboxylic acids is 1. The van der Waals surface area contributed by atoms with Gasteiger partial charge in [-0.05, 0) is 55.1 Å². The second kappa shape index (κ2) is 7.61. The number of rotatable bonds is 3. The highest BCUT2D eigenvalue weighted by atomic mass is 16.4. The first-order valence-electron chi connectivity index (χ1n) is 11.0. The Labute approximate surface area is 191 Å². The number of benzene rings is 6. The molecule has 6 aromatic carbocycles. The van der Waals surface area contributed by atoms with Crippen LogP contribution in [0, 0.1) is 0 Å². The van der Waals surface area contributed by atoms with Crippen molar-refractivity contribution in [1.82, 2.24) is 0 Å². The molecule has 6 aromatic rings. The van der Waals surface area contributed by atoms with Crippen molar-refractivity contribution in [1.29, 1.82) is 0 Å². The maximum absolute atomic E-state index is 12.4. The Balaban J connectivity index is 1.84. The normalized spacial score (nSPS) is 11.3. The van der Waals surface area contributed by atoms with E-state index >= 15 is 0 Å². The standard InChI is InChI=1S/C31H20O2/c32-31(33)28-19-17-22-10-3-6-14-25(22)30(28)29-24-13-5-2-9-21(24)16-18-27(29)26-15-7-11-20-8-1-4-12-23(20)26/h1-19H,(H,32,33). The highest BCUT2D eigenvalue weighted by molar-refractivity contribution is 6.17. The highest BCUT2D eigenvalue weighted by Crippen LogP contribution is 2.44. The SMILES string of the molecule is O=C(O)c1ccc2ccccc2c1-c1c(-c2cccc3ccccc23)ccc2ccccc12. The minimum Gasteiger partial charge on any atom is -0.478 e. The number of hydrogen-bond donors (Lipinski definition) is 1. The summed E-state index contributed by atoms with van der Waals surface area (Å²) in [6.07, 6.45) is 0. The van der Waals surface area contributed by atoms with Crippen LogP contribution in [0.5, 0.6) is 0 Å². The summed E-state index contributed by atoms with van der Waals surface area (Å²) in [6.45, 7) is 0. The van der Waals surface area contributed by atoms with Gasteiger partial charge in [-0.25, -0.2) is 4.79 Å². The summed E-state index contributed by atoms with van der Waals surface area (Å²) >= 11 is 0. The summed E-state index contributed by atoms with van der Waals surface area (Å²) in [6, 6.07) is 38.7. The van der Waals surface area contributed by atoms with Crippen LogP contribution in [0.2, 0.25) is 0 Å². The minimum absolute atomic E-state index is 0.312. The van der Waals surface area contributed by atoms with Crippen molar-refractivity contribution in [2.75, 3.05) is 0 Å². The van der Waals surface area contributed by atoms with Crippen LogP contribution in [-0.4, -0.2) is 11.1 Å². The molecule has 0 bridgehead atoms. The van der Waals surface area contributed by atoms with Gasteiger partial charge in [0.2, 0.25) is 0 Å². The summed E-state index contributed by atoms with van der Waals surface area (Å²) in [5.41, 5.74) is 4.16. The van der Waals surface area contributed by atoms with Crippen molar-refractivity contribution < 1.29 is 9.90 Å². The smallest absolute Gasteiger partial charge is 0.336 e. The molecule has 33 heavy (non-hydrogen) atoms. The van der Waals surface area contributed by atoms with Crippen LogP contribution >= 0.6 is 0 Å². The van der Waals surface area contributed by atoms with Gasteiger partial charge in [0.05, 0.1) is 5.56 Å². The van der Waals surface area contributed by atoms with E-state index in [1.54, 1.807) is 6.07 Å². The Bertz CT molecular complexity index is 1690. The third kappa shape index (κ3) is 3.07. The van der Waals surface area contributed by atoms with E-state index in [1.807, 2.05) is 54.6 Å². The van der Waals surface area contributed by atoms with Crippen LogP contribution in [0.1, 0.15) is 10.4 Å². The molecule has 0 amide bonds. The molecular formula is C31H20O2. The van der Waals surface area contributed by atoms with Gasteiger partial charge in [0, 0.05) is 5.56 Å². The van der Waals surface area contributed by atoms with Crippen molar-refractivity contribution >= 4 is 38.3 Å². The first-order chi connectivity index (χ1) is 16.2. The second-order valence-corrected chi connectivity index (χ2v) is 8.25. The first kappa shape index (κ1) is 19.3. The van der Waals surface area contributed by atoms with Gasteiger partial charge in [0.15, 0.2) is 0 Å². The number of fused-ring (bicyclic) bond motifs is 3. The van der Waals surface area contributed by atoms with Gasteiger partial charge in [-0.1, -0.05) is 109 Å². The summed E-state index contributed by atoms with van der Waals surface area (Å²) in [7, 11) is 0. The Kier molecular flexibility index (Phi) is 4.44. The summed E-state index contributed by atoms with van der Waals surface area (Å²) in [5, 5.41) is 16.6. The van der Waals surface area contributed by atoms with Gasteiger partial charge in [-0.2, -0.15) is 0 Å².